The molecule has 0 fully saturated rings. The molecule has 2 aromatic rings. The summed E-state index contributed by atoms with van der Waals surface area (Å²) in [4.78, 5) is 0. The van der Waals surface area contributed by atoms with Crippen molar-refractivity contribution in [3.63, 3.8) is 0 Å². The van der Waals surface area contributed by atoms with Gasteiger partial charge in [0.25, 0.3) is 0 Å². The summed E-state index contributed by atoms with van der Waals surface area (Å²) in [5, 5.41) is 11.2. The van der Waals surface area contributed by atoms with Gasteiger partial charge in [0.15, 0.2) is 15.7 Å². The highest BCUT2D eigenvalue weighted by Crippen LogP contribution is 2.17. The number of rotatable bonds is 10. The topological polar surface area (TPSA) is 77.7 Å². The van der Waals surface area contributed by atoms with Crippen molar-refractivity contribution in [2.75, 3.05) is 5.75 Å². The first-order valence-electron chi connectivity index (χ1n) is 8.93. The number of tetrazole rings is 1. The molecule has 0 atom stereocenters. The molecule has 1 heterocycles. The van der Waals surface area contributed by atoms with Gasteiger partial charge in [-0.25, -0.2) is 13.1 Å². The number of hydrogen-bond donors (Lipinski definition) is 0. The van der Waals surface area contributed by atoms with Crippen molar-refractivity contribution in [1.29, 1.82) is 0 Å². The summed E-state index contributed by atoms with van der Waals surface area (Å²) >= 11 is 0. The molecule has 0 unspecified atom stereocenters. The molecular weight excluding hydrogens is 336 g/mol. The van der Waals surface area contributed by atoms with Gasteiger partial charge in [-0.05, 0) is 49.1 Å². The maximum Gasteiger partial charge on any atom is 0.181 e. The Bertz CT molecular complexity index is 752. The third kappa shape index (κ3) is 5.92. The Balaban J connectivity index is 1.65. The maximum absolute atomic E-state index is 11.7. The van der Waals surface area contributed by atoms with Crippen molar-refractivity contribution in [3.05, 3.63) is 29.8 Å². The van der Waals surface area contributed by atoms with Crippen LogP contribution in [0.1, 0.15) is 51.5 Å². The maximum atomic E-state index is 11.7. The Morgan fingerprint density at radius 3 is 2.24 bits per heavy atom. The minimum absolute atomic E-state index is 0.257. The SMILES string of the molecule is CC(C)S(=O)(=O)CCCCCCCc1ccc(-c2nnnn2C)cc1. The summed E-state index contributed by atoms with van der Waals surface area (Å²) in [6.07, 6.45) is 6.17. The van der Waals surface area contributed by atoms with Crippen LogP contribution in [0.2, 0.25) is 0 Å². The van der Waals surface area contributed by atoms with E-state index in [1.54, 1.807) is 18.5 Å². The second-order valence-electron chi connectivity index (χ2n) is 6.76. The van der Waals surface area contributed by atoms with E-state index in [0.717, 1.165) is 49.9 Å². The van der Waals surface area contributed by atoms with Crippen LogP contribution >= 0.6 is 0 Å². The van der Waals surface area contributed by atoms with Crippen LogP contribution in [0.3, 0.4) is 0 Å². The molecule has 25 heavy (non-hydrogen) atoms. The van der Waals surface area contributed by atoms with Crippen LogP contribution in [0, 0.1) is 0 Å². The van der Waals surface area contributed by atoms with E-state index in [1.165, 1.54) is 5.56 Å². The summed E-state index contributed by atoms with van der Waals surface area (Å²) in [5.74, 6) is 1.09. The summed E-state index contributed by atoms with van der Waals surface area (Å²) in [6, 6.07) is 8.36. The van der Waals surface area contributed by atoms with Gasteiger partial charge in [0.1, 0.15) is 0 Å². The summed E-state index contributed by atoms with van der Waals surface area (Å²) in [6.45, 7) is 3.50. The lowest BCUT2D eigenvalue weighted by molar-refractivity contribution is 0.577. The van der Waals surface area contributed by atoms with E-state index in [2.05, 4.69) is 39.8 Å². The van der Waals surface area contributed by atoms with E-state index in [9.17, 15) is 8.42 Å². The molecule has 1 aromatic heterocycles. The first-order chi connectivity index (χ1) is 11.9. The van der Waals surface area contributed by atoms with Crippen LogP contribution in [0.5, 0.6) is 0 Å². The van der Waals surface area contributed by atoms with Crippen LogP contribution in [-0.2, 0) is 23.3 Å². The monoisotopic (exact) mass is 364 g/mol. The van der Waals surface area contributed by atoms with E-state index in [1.807, 2.05) is 7.05 Å². The minimum atomic E-state index is -2.88. The lowest BCUT2D eigenvalue weighted by atomic mass is 10.0. The molecule has 6 nitrogen and oxygen atoms in total. The fourth-order valence-corrected chi connectivity index (χ4v) is 3.77. The summed E-state index contributed by atoms with van der Waals surface area (Å²) < 4.78 is 25.1. The van der Waals surface area contributed by atoms with Crippen LogP contribution in [0.15, 0.2) is 24.3 Å². The minimum Gasteiger partial charge on any atom is -0.229 e. The lowest BCUT2D eigenvalue weighted by Gasteiger charge is -2.07. The van der Waals surface area contributed by atoms with E-state index in [-0.39, 0.29) is 5.25 Å². The van der Waals surface area contributed by atoms with Crippen molar-refractivity contribution in [2.45, 2.75) is 57.6 Å². The zero-order valence-electron chi connectivity index (χ0n) is 15.4. The highest BCUT2D eigenvalue weighted by molar-refractivity contribution is 7.91. The first kappa shape index (κ1) is 19.6. The normalized spacial score (nSPS) is 12.0. The molecule has 0 saturated carbocycles. The van der Waals surface area contributed by atoms with E-state index >= 15 is 0 Å². The Morgan fingerprint density at radius 1 is 1.00 bits per heavy atom. The predicted octanol–water partition coefficient (Wildman–Crippen LogP) is 3.19. The Hall–Kier alpha value is -1.76. The molecule has 0 spiro atoms. The molecule has 138 valence electrons. The third-order valence-corrected chi connectivity index (χ3v) is 6.74. The average Bonchev–Trinajstić information content (AvgIpc) is 3.00. The molecule has 0 aliphatic heterocycles. The first-order valence-corrected chi connectivity index (χ1v) is 10.6. The van der Waals surface area contributed by atoms with Crippen molar-refractivity contribution in [1.82, 2.24) is 20.2 Å². The van der Waals surface area contributed by atoms with Crippen LogP contribution in [0.4, 0.5) is 0 Å². The lowest BCUT2D eigenvalue weighted by Crippen LogP contribution is -2.17. The number of hydrogen-bond acceptors (Lipinski definition) is 5. The van der Waals surface area contributed by atoms with Gasteiger partial charge in [-0.2, -0.15) is 0 Å². The number of unbranched alkanes of at least 4 members (excludes halogenated alkanes) is 4. The molecule has 0 N–H and O–H groups in total. The van der Waals surface area contributed by atoms with E-state index < -0.39 is 9.84 Å². The molecule has 7 heteroatoms. The van der Waals surface area contributed by atoms with Crippen LogP contribution in [-0.4, -0.2) is 39.6 Å². The molecule has 0 saturated heterocycles. The quantitative estimate of drug-likeness (QED) is 0.605. The van der Waals surface area contributed by atoms with Gasteiger partial charge in [0.05, 0.1) is 11.0 Å². The zero-order valence-corrected chi connectivity index (χ0v) is 16.2. The van der Waals surface area contributed by atoms with Crippen molar-refractivity contribution < 1.29 is 8.42 Å². The molecule has 1 aromatic carbocycles. The van der Waals surface area contributed by atoms with Gasteiger partial charge >= 0.3 is 0 Å². The Kier molecular flexibility index (Phi) is 7.11. The number of aromatic nitrogens is 4. The number of aryl methyl sites for hydroxylation is 2. The predicted molar refractivity (Wildman–Crippen MR) is 99.9 cm³/mol. The Labute approximate surface area is 150 Å². The molecule has 0 aliphatic carbocycles. The highest BCUT2D eigenvalue weighted by atomic mass is 32.2. The van der Waals surface area contributed by atoms with E-state index in [4.69, 9.17) is 0 Å². The number of benzene rings is 1. The van der Waals surface area contributed by atoms with Crippen LogP contribution < -0.4 is 0 Å². The third-order valence-electron chi connectivity index (χ3n) is 4.44. The smallest absolute Gasteiger partial charge is 0.181 e. The van der Waals surface area contributed by atoms with Gasteiger partial charge in [0.2, 0.25) is 0 Å². The van der Waals surface area contributed by atoms with Gasteiger partial charge in [-0.3, -0.25) is 0 Å². The van der Waals surface area contributed by atoms with Crippen LogP contribution in [0.25, 0.3) is 11.4 Å². The van der Waals surface area contributed by atoms with Crippen molar-refractivity contribution in [2.24, 2.45) is 7.05 Å². The van der Waals surface area contributed by atoms with Gasteiger partial charge in [-0.1, -0.05) is 43.5 Å². The second kappa shape index (κ2) is 9.08. The fraction of sp³-hybridized carbons (Fsp3) is 0.611. The van der Waals surface area contributed by atoms with Gasteiger partial charge in [-0.15, -0.1) is 5.10 Å². The summed E-state index contributed by atoms with van der Waals surface area (Å²) in [5.41, 5.74) is 2.32. The zero-order chi connectivity index (χ0) is 18.3. The van der Waals surface area contributed by atoms with Gasteiger partial charge in [0, 0.05) is 12.6 Å². The highest BCUT2D eigenvalue weighted by Gasteiger charge is 2.14. The second-order valence-corrected chi connectivity index (χ2v) is 9.43. The largest absolute Gasteiger partial charge is 0.229 e. The molecule has 0 aliphatic rings. The van der Waals surface area contributed by atoms with Gasteiger partial charge < -0.3 is 0 Å². The average molecular weight is 365 g/mol. The van der Waals surface area contributed by atoms with Crippen molar-refractivity contribution >= 4 is 9.84 Å². The molecule has 2 rings (SSSR count). The van der Waals surface area contributed by atoms with E-state index in [0.29, 0.717) is 5.75 Å². The molecule has 0 radical (unpaired) electrons. The molecule has 0 bridgehead atoms. The standard InChI is InChI=1S/C18H28N4O2S/c1-15(2)25(23,24)14-8-6-4-5-7-9-16-10-12-17(13-11-16)18-19-20-21-22(18)3/h10-13,15H,4-9,14H2,1-3H3. The summed E-state index contributed by atoms with van der Waals surface area (Å²) in [7, 11) is -1.05. The number of sulfone groups is 1. The fourth-order valence-electron chi connectivity index (χ4n) is 2.69. The molecular formula is C18H28N4O2S. The molecule has 0 amide bonds. The Morgan fingerprint density at radius 2 is 1.64 bits per heavy atom. The van der Waals surface area contributed by atoms with Crippen molar-refractivity contribution in [3.8, 4) is 11.4 Å². The number of nitrogens with zero attached hydrogens (tertiary/aromatic N) is 4.